The number of benzene rings is 1. The number of aliphatic carboxylic acids is 1. The molecule has 1 aliphatic heterocycles. The zero-order valence-electron chi connectivity index (χ0n) is 20.9. The molecule has 37 heavy (non-hydrogen) atoms. The minimum atomic E-state index is -1.08. The largest absolute Gasteiger partial charge is 0.508 e. The number of nitrogens with zero attached hydrogens (tertiary/aromatic N) is 2. The summed E-state index contributed by atoms with van der Waals surface area (Å²) in [5.74, 6) is -2.94. The number of nitrogens with one attached hydrogen (secondary N) is 3. The van der Waals surface area contributed by atoms with Gasteiger partial charge in [0.05, 0.1) is 12.4 Å². The molecule has 200 valence electrons. The van der Waals surface area contributed by atoms with Gasteiger partial charge in [-0.25, -0.2) is 9.78 Å². The molecule has 3 amide bonds. The van der Waals surface area contributed by atoms with Crippen LogP contribution >= 0.6 is 0 Å². The zero-order valence-corrected chi connectivity index (χ0v) is 20.9. The monoisotopic (exact) mass is 514 g/mol. The van der Waals surface area contributed by atoms with E-state index in [0.717, 1.165) is 5.56 Å². The van der Waals surface area contributed by atoms with Crippen LogP contribution in [0.4, 0.5) is 0 Å². The number of hydrogen-bond donors (Lipinski definition) is 6. The lowest BCUT2D eigenvalue weighted by molar-refractivity contribution is -0.150. The van der Waals surface area contributed by atoms with Crippen LogP contribution in [0.25, 0.3) is 0 Å². The van der Waals surface area contributed by atoms with E-state index >= 15 is 0 Å². The van der Waals surface area contributed by atoms with Gasteiger partial charge in [-0.05, 0) is 42.9 Å². The lowest BCUT2D eigenvalue weighted by atomic mass is 10.0. The van der Waals surface area contributed by atoms with Crippen LogP contribution < -0.4 is 16.4 Å². The maximum atomic E-state index is 13.4. The van der Waals surface area contributed by atoms with Crippen molar-refractivity contribution in [1.82, 2.24) is 25.5 Å². The molecule has 12 nitrogen and oxygen atoms in total. The molecule has 12 heteroatoms. The first-order valence-electron chi connectivity index (χ1n) is 12.2. The van der Waals surface area contributed by atoms with Gasteiger partial charge in [-0.2, -0.15) is 0 Å². The van der Waals surface area contributed by atoms with Crippen LogP contribution in [0, 0.1) is 5.92 Å². The van der Waals surface area contributed by atoms with Gasteiger partial charge in [0.15, 0.2) is 0 Å². The third-order valence-corrected chi connectivity index (χ3v) is 6.39. The Morgan fingerprint density at radius 3 is 2.43 bits per heavy atom. The van der Waals surface area contributed by atoms with Crippen LogP contribution in [0.2, 0.25) is 0 Å². The molecule has 1 aromatic carbocycles. The van der Waals surface area contributed by atoms with Crippen LogP contribution in [0.3, 0.4) is 0 Å². The smallest absolute Gasteiger partial charge is 0.326 e. The average Bonchev–Trinajstić information content (AvgIpc) is 3.55. The number of amides is 3. The normalized spacial score (nSPS) is 17.7. The van der Waals surface area contributed by atoms with E-state index in [1.54, 1.807) is 26.0 Å². The molecule has 0 spiro atoms. The van der Waals surface area contributed by atoms with Crippen molar-refractivity contribution in [3.05, 3.63) is 48.0 Å². The zero-order chi connectivity index (χ0) is 27.1. The van der Waals surface area contributed by atoms with Gasteiger partial charge in [0.2, 0.25) is 17.7 Å². The molecule has 1 saturated heterocycles. The first kappa shape index (κ1) is 27.7. The molecule has 1 fully saturated rings. The Kier molecular flexibility index (Phi) is 9.23. The highest BCUT2D eigenvalue weighted by Crippen LogP contribution is 2.20. The minimum absolute atomic E-state index is 0.0734. The van der Waals surface area contributed by atoms with Gasteiger partial charge in [-0.3, -0.25) is 14.4 Å². The van der Waals surface area contributed by atoms with Crippen molar-refractivity contribution in [3.63, 3.8) is 0 Å². The number of carbonyl (C=O) groups is 4. The number of carbonyl (C=O) groups excluding carboxylic acids is 3. The number of aromatic nitrogens is 2. The summed E-state index contributed by atoms with van der Waals surface area (Å²) >= 11 is 0. The number of H-pyrrole nitrogens is 1. The van der Waals surface area contributed by atoms with Crippen molar-refractivity contribution in [1.29, 1.82) is 0 Å². The van der Waals surface area contributed by atoms with E-state index in [1.807, 2.05) is 0 Å². The van der Waals surface area contributed by atoms with E-state index in [2.05, 4.69) is 20.6 Å². The van der Waals surface area contributed by atoms with Gasteiger partial charge in [0, 0.05) is 24.9 Å². The Hall–Kier alpha value is -3.93. The number of aromatic hydroxyl groups is 1. The van der Waals surface area contributed by atoms with Crippen LogP contribution in [0.15, 0.2) is 36.8 Å². The molecule has 0 aliphatic carbocycles. The molecule has 2 heterocycles. The lowest BCUT2D eigenvalue weighted by Crippen LogP contribution is -2.59. The van der Waals surface area contributed by atoms with Crippen molar-refractivity contribution in [2.75, 3.05) is 6.54 Å². The van der Waals surface area contributed by atoms with Gasteiger partial charge in [0.25, 0.3) is 0 Å². The number of carboxylic acid groups (broad SMARTS) is 1. The second-order valence-electron chi connectivity index (χ2n) is 9.58. The Balaban J connectivity index is 1.73. The average molecular weight is 515 g/mol. The molecule has 0 bridgehead atoms. The number of phenolic OH excluding ortho intramolecular Hbond substituents is 1. The highest BCUT2D eigenvalue weighted by atomic mass is 16.4. The van der Waals surface area contributed by atoms with E-state index in [4.69, 9.17) is 5.73 Å². The maximum absolute atomic E-state index is 13.4. The molecule has 4 atom stereocenters. The number of likely N-dealkylation sites (tertiary alicyclic amines) is 1. The molecule has 2 aromatic rings. The van der Waals surface area contributed by atoms with E-state index < -0.39 is 47.9 Å². The fourth-order valence-corrected chi connectivity index (χ4v) is 4.32. The number of hydrogen-bond acceptors (Lipinski definition) is 7. The fraction of sp³-hybridized carbons (Fsp3) is 0.480. The Labute approximate surface area is 214 Å². The van der Waals surface area contributed by atoms with Gasteiger partial charge in [0.1, 0.15) is 23.9 Å². The standard InChI is InChI=1S/C25H34N6O6/c1-14(2)21(24(35)31-9-3-4-20(31)25(36)37)30-23(34)19(11-16-12-27-13-28-16)29-22(33)18(26)10-15-5-7-17(32)8-6-15/h5-8,12-14,18-21,32H,3-4,9-11,26H2,1-2H3,(H,27,28)(H,29,33)(H,30,34)(H,36,37). The summed E-state index contributed by atoms with van der Waals surface area (Å²) in [6.07, 6.45) is 4.15. The summed E-state index contributed by atoms with van der Waals surface area (Å²) in [5, 5.41) is 24.3. The van der Waals surface area contributed by atoms with Gasteiger partial charge >= 0.3 is 5.97 Å². The predicted molar refractivity (Wildman–Crippen MR) is 133 cm³/mol. The van der Waals surface area contributed by atoms with E-state index in [1.165, 1.54) is 29.6 Å². The summed E-state index contributed by atoms with van der Waals surface area (Å²) in [5.41, 5.74) is 7.41. The summed E-state index contributed by atoms with van der Waals surface area (Å²) in [6.45, 7) is 3.81. The summed E-state index contributed by atoms with van der Waals surface area (Å²) in [6, 6.07) is 2.35. The Morgan fingerprint density at radius 1 is 1.14 bits per heavy atom. The van der Waals surface area contributed by atoms with E-state index in [0.29, 0.717) is 25.1 Å². The highest BCUT2D eigenvalue weighted by Gasteiger charge is 2.39. The first-order chi connectivity index (χ1) is 17.6. The topological polar surface area (TPSA) is 191 Å². The number of carboxylic acids is 1. The quantitative estimate of drug-likeness (QED) is 0.240. The van der Waals surface area contributed by atoms with Crippen molar-refractivity contribution >= 4 is 23.7 Å². The third-order valence-electron chi connectivity index (χ3n) is 6.39. The molecule has 3 rings (SSSR count). The molecule has 4 unspecified atom stereocenters. The summed E-state index contributed by atoms with van der Waals surface area (Å²) in [4.78, 5) is 59.2. The molecular weight excluding hydrogens is 480 g/mol. The Bertz CT molecular complexity index is 1090. The predicted octanol–water partition coefficient (Wildman–Crippen LogP) is -0.0710. The number of imidazole rings is 1. The van der Waals surface area contributed by atoms with Gasteiger partial charge in [-0.1, -0.05) is 26.0 Å². The number of rotatable bonds is 11. The van der Waals surface area contributed by atoms with Crippen molar-refractivity contribution in [2.45, 2.75) is 63.7 Å². The second kappa shape index (κ2) is 12.3. The third kappa shape index (κ3) is 7.29. The molecule has 1 aliphatic rings. The van der Waals surface area contributed by atoms with Crippen molar-refractivity contribution < 1.29 is 29.4 Å². The molecule has 7 N–H and O–H groups in total. The molecule has 0 radical (unpaired) electrons. The van der Waals surface area contributed by atoms with Crippen molar-refractivity contribution in [2.24, 2.45) is 11.7 Å². The Morgan fingerprint density at radius 2 is 1.84 bits per heavy atom. The SMILES string of the molecule is CC(C)C(NC(=O)C(Cc1cnc[nH]1)NC(=O)C(N)Cc1ccc(O)cc1)C(=O)N1CCCC1C(=O)O. The van der Waals surface area contributed by atoms with Crippen molar-refractivity contribution in [3.8, 4) is 5.75 Å². The molecule has 0 saturated carbocycles. The maximum Gasteiger partial charge on any atom is 0.326 e. The second-order valence-corrected chi connectivity index (χ2v) is 9.58. The van der Waals surface area contributed by atoms with Gasteiger partial charge in [-0.15, -0.1) is 0 Å². The first-order valence-corrected chi connectivity index (χ1v) is 12.2. The number of nitrogens with two attached hydrogens (primary N) is 1. The van der Waals surface area contributed by atoms with Gasteiger partial charge < -0.3 is 36.5 Å². The minimum Gasteiger partial charge on any atom is -0.508 e. The van der Waals surface area contributed by atoms with Crippen LogP contribution in [-0.4, -0.2) is 79.5 Å². The molecular formula is C25H34N6O6. The lowest BCUT2D eigenvalue weighted by Gasteiger charge is -2.30. The van der Waals surface area contributed by atoms with E-state index in [-0.39, 0.29) is 24.5 Å². The van der Waals surface area contributed by atoms with Crippen LogP contribution in [0.1, 0.15) is 37.9 Å². The molecule has 1 aromatic heterocycles. The van der Waals surface area contributed by atoms with E-state index in [9.17, 15) is 29.4 Å². The highest BCUT2D eigenvalue weighted by molar-refractivity contribution is 5.94. The summed E-state index contributed by atoms with van der Waals surface area (Å²) < 4.78 is 0. The number of aromatic amines is 1. The number of phenols is 1. The fourth-order valence-electron chi connectivity index (χ4n) is 4.32. The van der Waals surface area contributed by atoms with Crippen LogP contribution in [-0.2, 0) is 32.0 Å². The summed E-state index contributed by atoms with van der Waals surface area (Å²) in [7, 11) is 0. The van der Waals surface area contributed by atoms with Crippen LogP contribution in [0.5, 0.6) is 5.75 Å².